The summed E-state index contributed by atoms with van der Waals surface area (Å²) < 4.78 is 3.83. The minimum Gasteiger partial charge on any atom is -0.503 e. The predicted octanol–water partition coefficient (Wildman–Crippen LogP) is 3.72. The van der Waals surface area contributed by atoms with Crippen LogP contribution in [0.3, 0.4) is 0 Å². The molecule has 0 amide bonds. The molecule has 1 N–H and O–H groups in total. The highest BCUT2D eigenvalue weighted by Crippen LogP contribution is 2.23. The molecule has 0 saturated carbocycles. The van der Waals surface area contributed by atoms with Gasteiger partial charge >= 0.3 is 0 Å². The van der Waals surface area contributed by atoms with Crippen molar-refractivity contribution in [3.8, 4) is 17.0 Å². The molecule has 2 unspecified atom stereocenters. The molecule has 0 spiro atoms. The monoisotopic (exact) mass is 366 g/mol. The number of aromatic nitrogens is 4. The maximum atomic E-state index is 11.5. The first-order valence-corrected chi connectivity index (χ1v) is 9.23. The average molecular weight is 366 g/mol. The van der Waals surface area contributed by atoms with Crippen molar-refractivity contribution in [1.29, 1.82) is 0 Å². The Balaban J connectivity index is 1.66. The summed E-state index contributed by atoms with van der Waals surface area (Å²) >= 11 is 0. The number of hydrogen-bond donors (Lipinski definition) is 1. The molecule has 2 aromatic heterocycles. The van der Waals surface area contributed by atoms with Gasteiger partial charge in [-0.3, -0.25) is 9.48 Å². The largest absolute Gasteiger partial charge is 0.503 e. The molecule has 6 heteroatoms. The molecule has 0 aliphatic carbocycles. The second-order valence-corrected chi connectivity index (χ2v) is 7.40. The number of benzene rings is 1. The lowest BCUT2D eigenvalue weighted by atomic mass is 10.0. The van der Waals surface area contributed by atoms with Crippen LogP contribution in [0.2, 0.25) is 0 Å². The van der Waals surface area contributed by atoms with Gasteiger partial charge in [0.1, 0.15) is 5.69 Å². The molecular formula is C21H26N4O2. The number of aryl methyl sites for hydroxylation is 1. The highest BCUT2D eigenvalue weighted by Gasteiger charge is 2.15. The van der Waals surface area contributed by atoms with Crippen molar-refractivity contribution < 1.29 is 5.11 Å². The zero-order chi connectivity index (χ0) is 19.6. The summed E-state index contributed by atoms with van der Waals surface area (Å²) in [5, 5.41) is 18.4. The summed E-state index contributed by atoms with van der Waals surface area (Å²) in [6.45, 7) is 8.85. The highest BCUT2D eigenvalue weighted by atomic mass is 16.3. The lowest BCUT2D eigenvalue weighted by Crippen LogP contribution is -2.18. The van der Waals surface area contributed by atoms with Crippen LogP contribution >= 0.6 is 0 Å². The standard InChI is InChI=1S/C21H26N4O2/c1-14-5-7-18(8-6-14)19-13-24(23-22-19)12-15(2)11-16(3)25-10-9-20(26)21(27)17(25)4/h5-10,13,15-16,27H,11-12H2,1-4H3. The van der Waals surface area contributed by atoms with Crippen LogP contribution in [0.5, 0.6) is 5.75 Å². The van der Waals surface area contributed by atoms with Crippen molar-refractivity contribution >= 4 is 0 Å². The summed E-state index contributed by atoms with van der Waals surface area (Å²) in [6.07, 6.45) is 4.62. The van der Waals surface area contributed by atoms with Crippen molar-refractivity contribution in [3.63, 3.8) is 0 Å². The Morgan fingerprint density at radius 2 is 1.81 bits per heavy atom. The molecule has 0 radical (unpaired) electrons. The molecule has 2 atom stereocenters. The molecule has 0 bridgehead atoms. The third kappa shape index (κ3) is 4.27. The Hall–Kier alpha value is -2.89. The molecule has 27 heavy (non-hydrogen) atoms. The van der Waals surface area contributed by atoms with Crippen molar-refractivity contribution in [3.05, 3.63) is 64.2 Å². The Morgan fingerprint density at radius 1 is 1.11 bits per heavy atom. The SMILES string of the molecule is Cc1ccc(-c2cn(CC(C)CC(C)n3ccc(=O)c(O)c3C)nn2)cc1. The molecule has 0 aliphatic heterocycles. The van der Waals surface area contributed by atoms with Gasteiger partial charge in [-0.2, -0.15) is 0 Å². The maximum Gasteiger partial charge on any atom is 0.223 e. The quantitative estimate of drug-likeness (QED) is 0.722. The number of hydrogen-bond acceptors (Lipinski definition) is 4. The van der Waals surface area contributed by atoms with E-state index in [0.29, 0.717) is 11.6 Å². The summed E-state index contributed by atoms with van der Waals surface area (Å²) in [4.78, 5) is 11.5. The summed E-state index contributed by atoms with van der Waals surface area (Å²) in [7, 11) is 0. The minimum absolute atomic E-state index is 0.159. The van der Waals surface area contributed by atoms with E-state index in [1.54, 1.807) is 13.1 Å². The zero-order valence-electron chi connectivity index (χ0n) is 16.3. The van der Waals surface area contributed by atoms with Gasteiger partial charge in [-0.25, -0.2) is 0 Å². The van der Waals surface area contributed by atoms with Crippen molar-refractivity contribution in [2.75, 3.05) is 0 Å². The van der Waals surface area contributed by atoms with Crippen LogP contribution in [0.4, 0.5) is 0 Å². The van der Waals surface area contributed by atoms with Crippen LogP contribution in [0.15, 0.2) is 47.5 Å². The van der Waals surface area contributed by atoms with Crippen LogP contribution in [-0.4, -0.2) is 24.7 Å². The fourth-order valence-corrected chi connectivity index (χ4v) is 3.45. The predicted molar refractivity (Wildman–Crippen MR) is 106 cm³/mol. The lowest BCUT2D eigenvalue weighted by Gasteiger charge is -2.22. The molecule has 0 aliphatic rings. The number of pyridine rings is 1. The van der Waals surface area contributed by atoms with Gasteiger partial charge in [0, 0.05) is 30.4 Å². The number of rotatable bonds is 6. The van der Waals surface area contributed by atoms with Gasteiger partial charge in [0.15, 0.2) is 5.75 Å². The van der Waals surface area contributed by atoms with Crippen LogP contribution < -0.4 is 5.43 Å². The second-order valence-electron chi connectivity index (χ2n) is 7.40. The summed E-state index contributed by atoms with van der Waals surface area (Å²) in [5.41, 5.74) is 3.42. The van der Waals surface area contributed by atoms with Gasteiger partial charge < -0.3 is 9.67 Å². The molecule has 0 fully saturated rings. The normalized spacial score (nSPS) is 13.5. The Bertz CT molecular complexity index is 973. The van der Waals surface area contributed by atoms with E-state index in [2.05, 4.69) is 55.3 Å². The van der Waals surface area contributed by atoms with Gasteiger partial charge in [-0.05, 0) is 33.1 Å². The Morgan fingerprint density at radius 3 is 2.52 bits per heavy atom. The Kier molecular flexibility index (Phi) is 5.44. The number of nitrogens with zero attached hydrogens (tertiary/aromatic N) is 4. The van der Waals surface area contributed by atoms with Gasteiger partial charge in [-0.15, -0.1) is 5.10 Å². The summed E-state index contributed by atoms with van der Waals surface area (Å²) in [6, 6.07) is 9.82. The van der Waals surface area contributed by atoms with Gasteiger partial charge in [-0.1, -0.05) is 42.0 Å². The zero-order valence-corrected chi connectivity index (χ0v) is 16.3. The fourth-order valence-electron chi connectivity index (χ4n) is 3.45. The minimum atomic E-state index is -0.338. The molecule has 1 aromatic carbocycles. The third-order valence-electron chi connectivity index (χ3n) is 4.95. The molecule has 6 nitrogen and oxygen atoms in total. The maximum absolute atomic E-state index is 11.5. The fraction of sp³-hybridized carbons (Fsp3) is 0.381. The van der Waals surface area contributed by atoms with E-state index in [1.807, 2.05) is 15.4 Å². The van der Waals surface area contributed by atoms with E-state index in [1.165, 1.54) is 11.6 Å². The molecule has 3 aromatic rings. The van der Waals surface area contributed by atoms with Crippen molar-refractivity contribution in [1.82, 2.24) is 19.6 Å². The highest BCUT2D eigenvalue weighted by molar-refractivity contribution is 5.57. The Labute approximate surface area is 159 Å². The smallest absolute Gasteiger partial charge is 0.223 e. The lowest BCUT2D eigenvalue weighted by molar-refractivity contribution is 0.344. The third-order valence-corrected chi connectivity index (χ3v) is 4.95. The second kappa shape index (κ2) is 7.78. The van der Waals surface area contributed by atoms with E-state index in [9.17, 15) is 9.90 Å². The van der Waals surface area contributed by atoms with Crippen LogP contribution in [-0.2, 0) is 6.54 Å². The van der Waals surface area contributed by atoms with E-state index >= 15 is 0 Å². The first-order chi connectivity index (χ1) is 12.8. The molecule has 2 heterocycles. The number of aromatic hydroxyl groups is 1. The first kappa shape index (κ1) is 18.9. The van der Waals surface area contributed by atoms with Gasteiger partial charge in [0.05, 0.1) is 11.9 Å². The van der Waals surface area contributed by atoms with Crippen molar-refractivity contribution in [2.45, 2.75) is 46.7 Å². The first-order valence-electron chi connectivity index (χ1n) is 9.23. The van der Waals surface area contributed by atoms with E-state index in [0.717, 1.165) is 24.2 Å². The molecule has 3 rings (SSSR count). The average Bonchev–Trinajstić information content (AvgIpc) is 3.08. The van der Waals surface area contributed by atoms with Crippen LogP contribution in [0.25, 0.3) is 11.3 Å². The van der Waals surface area contributed by atoms with E-state index < -0.39 is 0 Å². The van der Waals surface area contributed by atoms with Crippen LogP contribution in [0, 0.1) is 19.8 Å². The van der Waals surface area contributed by atoms with Crippen molar-refractivity contribution in [2.24, 2.45) is 5.92 Å². The van der Waals surface area contributed by atoms with Gasteiger partial charge in [0.25, 0.3) is 0 Å². The summed E-state index contributed by atoms with van der Waals surface area (Å²) in [5.74, 6) is 0.185. The van der Waals surface area contributed by atoms with Gasteiger partial charge in [0.2, 0.25) is 5.43 Å². The van der Waals surface area contributed by atoms with E-state index in [4.69, 9.17) is 0 Å². The molecule has 142 valence electrons. The molecular weight excluding hydrogens is 340 g/mol. The van der Waals surface area contributed by atoms with E-state index in [-0.39, 0.29) is 17.2 Å². The van der Waals surface area contributed by atoms with Crippen LogP contribution in [0.1, 0.15) is 37.6 Å². The topological polar surface area (TPSA) is 72.9 Å². The molecule has 0 saturated heterocycles.